The van der Waals surface area contributed by atoms with Gasteiger partial charge in [-0.05, 0) is 35.7 Å². The third kappa shape index (κ3) is 3.19. The lowest BCUT2D eigenvalue weighted by molar-refractivity contribution is 0.0696. The minimum Gasteiger partial charge on any atom is -0.478 e. The van der Waals surface area contributed by atoms with Gasteiger partial charge in [0, 0.05) is 0 Å². The molecule has 1 heterocycles. The van der Waals surface area contributed by atoms with E-state index in [1.54, 1.807) is 6.92 Å². The normalized spacial score (nSPS) is 17.3. The van der Waals surface area contributed by atoms with Crippen LogP contribution in [-0.4, -0.2) is 26.1 Å². The highest BCUT2D eigenvalue weighted by molar-refractivity contribution is 7.89. The van der Waals surface area contributed by atoms with E-state index in [-0.39, 0.29) is 17.1 Å². The first-order valence-electron chi connectivity index (χ1n) is 7.40. The summed E-state index contributed by atoms with van der Waals surface area (Å²) in [6.07, 6.45) is 0. The Balaban J connectivity index is 1.96. The maximum atomic E-state index is 12.7. The summed E-state index contributed by atoms with van der Waals surface area (Å²) in [5.41, 5.74) is 2.23. The number of hydrogen-bond acceptors (Lipinski definition) is 4. The van der Waals surface area contributed by atoms with Crippen LogP contribution in [-0.2, 0) is 21.4 Å². The molecule has 0 spiro atoms. The first-order chi connectivity index (χ1) is 11.4. The molecule has 0 saturated heterocycles. The molecule has 0 radical (unpaired) electrons. The minimum absolute atomic E-state index is 0.0366. The van der Waals surface area contributed by atoms with E-state index in [1.807, 2.05) is 24.3 Å². The maximum Gasteiger partial charge on any atom is 0.335 e. The zero-order valence-corrected chi connectivity index (χ0v) is 13.8. The number of nitrogens with one attached hydrogen (secondary N) is 1. The van der Waals surface area contributed by atoms with Gasteiger partial charge in [0.15, 0.2) is 0 Å². The van der Waals surface area contributed by atoms with Crippen molar-refractivity contribution in [1.29, 1.82) is 0 Å². The Morgan fingerprint density at radius 1 is 1.25 bits per heavy atom. The molecule has 0 aliphatic carbocycles. The Labute approximate surface area is 140 Å². The van der Waals surface area contributed by atoms with Crippen molar-refractivity contribution >= 4 is 16.0 Å². The third-order valence-corrected chi connectivity index (χ3v) is 5.61. The second-order valence-corrected chi connectivity index (χ2v) is 7.36. The summed E-state index contributed by atoms with van der Waals surface area (Å²) in [7, 11) is -3.88. The van der Waals surface area contributed by atoms with Crippen LogP contribution in [0.2, 0.25) is 0 Å². The van der Waals surface area contributed by atoms with E-state index in [0.29, 0.717) is 12.2 Å². The summed E-state index contributed by atoms with van der Waals surface area (Å²) in [5, 5.41) is 9.08. The second kappa shape index (κ2) is 6.35. The summed E-state index contributed by atoms with van der Waals surface area (Å²) >= 11 is 0. The predicted octanol–water partition coefficient (Wildman–Crippen LogP) is 2.24. The van der Waals surface area contributed by atoms with Crippen LogP contribution in [0.25, 0.3) is 0 Å². The van der Waals surface area contributed by atoms with Gasteiger partial charge in [0.05, 0.1) is 29.7 Å². The number of benzene rings is 2. The number of sulfonamides is 1. The lowest BCUT2D eigenvalue weighted by Crippen LogP contribution is -2.34. The van der Waals surface area contributed by atoms with Crippen LogP contribution >= 0.6 is 0 Å². The number of hydrogen-bond donors (Lipinski definition) is 2. The highest BCUT2D eigenvalue weighted by atomic mass is 32.2. The van der Waals surface area contributed by atoms with Crippen LogP contribution in [0.1, 0.15) is 33.1 Å². The molecule has 7 heteroatoms. The smallest absolute Gasteiger partial charge is 0.335 e. The second-order valence-electron chi connectivity index (χ2n) is 5.67. The maximum absolute atomic E-state index is 12.7. The van der Waals surface area contributed by atoms with Gasteiger partial charge in [-0.25, -0.2) is 17.9 Å². The highest BCUT2D eigenvalue weighted by Gasteiger charge is 2.27. The monoisotopic (exact) mass is 347 g/mol. The van der Waals surface area contributed by atoms with E-state index in [1.165, 1.54) is 18.2 Å². The fraction of sp³-hybridized carbons (Fsp3) is 0.235. The van der Waals surface area contributed by atoms with Gasteiger partial charge in [-0.1, -0.05) is 30.3 Å². The van der Waals surface area contributed by atoms with Gasteiger partial charge in [0.1, 0.15) is 0 Å². The minimum atomic E-state index is -3.88. The van der Waals surface area contributed by atoms with Crippen molar-refractivity contribution in [3.63, 3.8) is 0 Å². The Morgan fingerprint density at radius 3 is 2.75 bits per heavy atom. The molecule has 24 heavy (non-hydrogen) atoms. The molecule has 0 fully saturated rings. The molecule has 1 aliphatic rings. The predicted molar refractivity (Wildman–Crippen MR) is 87.3 cm³/mol. The number of carbonyl (C=O) groups is 1. The Kier molecular flexibility index (Phi) is 4.40. The number of ether oxygens (including phenoxy) is 1. The van der Waals surface area contributed by atoms with Gasteiger partial charge < -0.3 is 9.84 Å². The number of rotatable bonds is 4. The van der Waals surface area contributed by atoms with Crippen molar-refractivity contribution in [2.45, 2.75) is 24.5 Å². The molecular formula is C17H17NO5S. The van der Waals surface area contributed by atoms with E-state index in [9.17, 15) is 13.2 Å². The van der Waals surface area contributed by atoms with E-state index in [0.717, 1.165) is 11.1 Å². The van der Waals surface area contributed by atoms with Gasteiger partial charge in [-0.15, -0.1) is 0 Å². The average molecular weight is 347 g/mol. The zero-order valence-electron chi connectivity index (χ0n) is 13.0. The molecule has 6 nitrogen and oxygen atoms in total. The molecule has 2 N–H and O–H groups in total. The fourth-order valence-electron chi connectivity index (χ4n) is 2.75. The topological polar surface area (TPSA) is 92.7 Å². The van der Waals surface area contributed by atoms with Crippen molar-refractivity contribution in [1.82, 2.24) is 4.72 Å². The molecule has 2 aromatic carbocycles. The molecule has 1 unspecified atom stereocenters. The van der Waals surface area contributed by atoms with Crippen molar-refractivity contribution in [3.8, 4) is 0 Å². The van der Waals surface area contributed by atoms with E-state index in [4.69, 9.17) is 9.84 Å². The number of fused-ring (bicyclic) bond motifs is 1. The van der Waals surface area contributed by atoms with Gasteiger partial charge in [-0.3, -0.25) is 0 Å². The van der Waals surface area contributed by atoms with Crippen LogP contribution < -0.4 is 4.72 Å². The summed E-state index contributed by atoms with van der Waals surface area (Å²) in [4.78, 5) is 11.1. The van der Waals surface area contributed by atoms with Crippen LogP contribution in [0, 0.1) is 6.92 Å². The summed E-state index contributed by atoms with van der Waals surface area (Å²) in [6, 6.07) is 11.0. The van der Waals surface area contributed by atoms with Gasteiger partial charge in [-0.2, -0.15) is 0 Å². The zero-order chi connectivity index (χ0) is 17.3. The number of aromatic carboxylic acids is 1. The molecule has 0 aromatic heterocycles. The molecule has 3 rings (SSSR count). The van der Waals surface area contributed by atoms with Gasteiger partial charge in [0.25, 0.3) is 0 Å². The van der Waals surface area contributed by atoms with Crippen LogP contribution in [0.5, 0.6) is 0 Å². The molecule has 1 atom stereocenters. The number of carboxylic acid groups (broad SMARTS) is 1. The molecule has 0 bridgehead atoms. The van der Waals surface area contributed by atoms with Crippen LogP contribution in [0.3, 0.4) is 0 Å². The Hall–Kier alpha value is -2.22. The van der Waals surface area contributed by atoms with Crippen LogP contribution in [0.4, 0.5) is 0 Å². The summed E-state index contributed by atoms with van der Waals surface area (Å²) in [6.45, 7) is 2.31. The van der Waals surface area contributed by atoms with Crippen molar-refractivity contribution < 1.29 is 23.1 Å². The lowest BCUT2D eigenvalue weighted by atomic mass is 10.0. The van der Waals surface area contributed by atoms with Crippen LogP contribution in [0.15, 0.2) is 47.4 Å². The van der Waals surface area contributed by atoms with E-state index in [2.05, 4.69) is 4.72 Å². The fourth-order valence-corrected chi connectivity index (χ4v) is 4.22. The average Bonchev–Trinajstić information content (AvgIpc) is 2.55. The quantitative estimate of drug-likeness (QED) is 0.885. The Bertz CT molecular complexity index is 892. The third-order valence-electron chi connectivity index (χ3n) is 3.99. The standard InChI is InChI=1S/C17H17NO5S/c1-11-6-7-12(17(19)20)8-16(11)24(21,22)18-15-10-23-9-13-4-2-3-5-14(13)15/h2-8,15,18H,9-10H2,1H3,(H,19,20). The van der Waals surface area contributed by atoms with Crippen molar-refractivity contribution in [2.75, 3.05) is 6.61 Å². The molecule has 1 aliphatic heterocycles. The SMILES string of the molecule is Cc1ccc(C(=O)O)cc1S(=O)(=O)NC1COCc2ccccc21. The van der Waals surface area contributed by atoms with Crippen molar-refractivity contribution in [3.05, 3.63) is 64.7 Å². The molecule has 0 amide bonds. The van der Waals surface area contributed by atoms with Gasteiger partial charge in [0.2, 0.25) is 10.0 Å². The molecular weight excluding hydrogens is 330 g/mol. The van der Waals surface area contributed by atoms with Crippen molar-refractivity contribution in [2.24, 2.45) is 0 Å². The number of aryl methyl sites for hydroxylation is 1. The highest BCUT2D eigenvalue weighted by Crippen LogP contribution is 2.27. The van der Waals surface area contributed by atoms with Gasteiger partial charge >= 0.3 is 5.97 Å². The Morgan fingerprint density at radius 2 is 2.00 bits per heavy atom. The largest absolute Gasteiger partial charge is 0.478 e. The molecule has 0 saturated carbocycles. The first-order valence-corrected chi connectivity index (χ1v) is 8.88. The first kappa shape index (κ1) is 16.6. The lowest BCUT2D eigenvalue weighted by Gasteiger charge is -2.26. The molecule has 2 aromatic rings. The van der Waals surface area contributed by atoms with E-state index >= 15 is 0 Å². The van der Waals surface area contributed by atoms with E-state index < -0.39 is 22.0 Å². The molecule has 126 valence electrons. The number of carboxylic acids is 1. The summed E-state index contributed by atoms with van der Waals surface area (Å²) in [5.74, 6) is -1.17. The summed E-state index contributed by atoms with van der Waals surface area (Å²) < 4.78 is 33.6.